The molecule has 3 aliphatic heterocycles. The number of piperazine rings is 1. The summed E-state index contributed by atoms with van der Waals surface area (Å²) >= 11 is 0. The summed E-state index contributed by atoms with van der Waals surface area (Å²) in [6.45, 7) is 8.34. The number of benzene rings is 3. The molecular weight excluding hydrogens is 442 g/mol. The van der Waals surface area contributed by atoms with E-state index < -0.39 is 0 Å². The van der Waals surface area contributed by atoms with Gasteiger partial charge in [-0.2, -0.15) is 0 Å². The van der Waals surface area contributed by atoms with Crippen molar-refractivity contribution in [2.45, 2.75) is 26.8 Å². The quantitative estimate of drug-likeness (QED) is 0.498. The number of amidine groups is 1. The van der Waals surface area contributed by atoms with Gasteiger partial charge >= 0.3 is 0 Å². The summed E-state index contributed by atoms with van der Waals surface area (Å²) in [7, 11) is 0. The van der Waals surface area contributed by atoms with Crippen LogP contribution in [-0.2, 0) is 0 Å². The molecule has 0 bridgehead atoms. The number of amides is 1. The Hall–Kier alpha value is -4.00. The third kappa shape index (κ3) is 3.87. The van der Waals surface area contributed by atoms with Crippen molar-refractivity contribution in [3.63, 3.8) is 0 Å². The molecular formula is C28H27N3O4. The lowest BCUT2D eigenvalue weighted by Gasteiger charge is -2.41. The van der Waals surface area contributed by atoms with Crippen LogP contribution in [0.1, 0.15) is 34.0 Å². The number of nitrogens with zero attached hydrogens (tertiary/aromatic N) is 3. The summed E-state index contributed by atoms with van der Waals surface area (Å²) in [4.78, 5) is 22.6. The maximum atomic E-state index is 13.3. The SMILES string of the molecule is Cc1ccc2c(c1)Oc1ccc(C)cc1C(N1CCN(C(=O)c3ccc4c(c3)OCO4)[C@@H](C)C1)=N2. The summed E-state index contributed by atoms with van der Waals surface area (Å²) in [6, 6.07) is 17.7. The molecule has 3 aromatic rings. The molecule has 0 radical (unpaired) electrons. The van der Waals surface area contributed by atoms with Crippen LogP contribution in [0.2, 0.25) is 0 Å². The van der Waals surface area contributed by atoms with E-state index in [9.17, 15) is 4.79 Å². The lowest BCUT2D eigenvalue weighted by Crippen LogP contribution is -2.55. The van der Waals surface area contributed by atoms with Crippen LogP contribution in [0, 0.1) is 13.8 Å². The van der Waals surface area contributed by atoms with Crippen molar-refractivity contribution >= 4 is 17.4 Å². The fourth-order valence-corrected chi connectivity index (χ4v) is 4.88. The minimum atomic E-state index is -0.00125. The lowest BCUT2D eigenvalue weighted by molar-refractivity contribution is 0.0581. The number of aliphatic imine (C=N–C) groups is 1. The zero-order chi connectivity index (χ0) is 24.1. The molecule has 3 heterocycles. The summed E-state index contributed by atoms with van der Waals surface area (Å²) < 4.78 is 17.2. The molecule has 1 saturated heterocycles. The van der Waals surface area contributed by atoms with Crippen molar-refractivity contribution in [1.29, 1.82) is 0 Å². The normalized spacial score (nSPS) is 18.3. The second-order valence-corrected chi connectivity index (χ2v) is 9.37. The standard InChI is InChI=1S/C28H27N3O4/c1-17-5-8-23-21(12-17)27(29-22-7-4-18(2)13-25(22)35-23)30-10-11-31(19(3)15-30)28(32)20-6-9-24-26(14-20)34-16-33-24/h4-9,12-14,19H,10-11,15-16H2,1-3H3/t19-/m0/s1. The number of carbonyl (C=O) groups excluding carboxylic acids is 1. The van der Waals surface area contributed by atoms with E-state index in [-0.39, 0.29) is 18.7 Å². The fraction of sp³-hybridized carbons (Fsp3) is 0.286. The van der Waals surface area contributed by atoms with Crippen molar-refractivity contribution in [3.05, 3.63) is 76.9 Å². The van der Waals surface area contributed by atoms with Gasteiger partial charge in [-0.3, -0.25) is 4.79 Å². The highest BCUT2D eigenvalue weighted by atomic mass is 16.7. The number of hydrogen-bond donors (Lipinski definition) is 0. The van der Waals surface area contributed by atoms with E-state index in [2.05, 4.69) is 36.9 Å². The van der Waals surface area contributed by atoms with Crippen molar-refractivity contribution in [2.24, 2.45) is 4.99 Å². The van der Waals surface area contributed by atoms with Crippen molar-refractivity contribution in [2.75, 3.05) is 26.4 Å². The number of hydrogen-bond acceptors (Lipinski definition) is 6. The summed E-state index contributed by atoms with van der Waals surface area (Å²) in [5.74, 6) is 3.74. The lowest BCUT2D eigenvalue weighted by atomic mass is 10.1. The van der Waals surface area contributed by atoms with E-state index >= 15 is 0 Å². The second kappa shape index (κ2) is 8.34. The van der Waals surface area contributed by atoms with Gasteiger partial charge in [0.1, 0.15) is 17.3 Å². The van der Waals surface area contributed by atoms with Gasteiger partial charge in [-0.15, -0.1) is 0 Å². The fourth-order valence-electron chi connectivity index (χ4n) is 4.88. The molecule has 1 amide bonds. The minimum absolute atomic E-state index is 0.000656. The van der Waals surface area contributed by atoms with Crippen LogP contribution in [0.5, 0.6) is 23.0 Å². The van der Waals surface area contributed by atoms with Crippen LogP contribution in [-0.4, -0.2) is 54.0 Å². The molecule has 7 nitrogen and oxygen atoms in total. The van der Waals surface area contributed by atoms with Gasteiger partial charge in [-0.25, -0.2) is 4.99 Å². The first-order valence-electron chi connectivity index (χ1n) is 11.9. The Morgan fingerprint density at radius 3 is 2.51 bits per heavy atom. The monoisotopic (exact) mass is 469 g/mol. The Labute approximate surface area is 204 Å². The predicted octanol–water partition coefficient (Wildman–Crippen LogP) is 5.06. The van der Waals surface area contributed by atoms with Crippen LogP contribution in [0.15, 0.2) is 59.6 Å². The van der Waals surface area contributed by atoms with Gasteiger partial charge in [0.15, 0.2) is 17.2 Å². The minimum Gasteiger partial charge on any atom is -0.454 e. The van der Waals surface area contributed by atoms with Crippen LogP contribution in [0.25, 0.3) is 0 Å². The molecule has 178 valence electrons. The molecule has 0 N–H and O–H groups in total. The molecule has 6 rings (SSSR count). The molecule has 1 atom stereocenters. The summed E-state index contributed by atoms with van der Waals surface area (Å²) in [5, 5.41) is 0. The molecule has 0 aliphatic carbocycles. The molecule has 7 heteroatoms. The van der Waals surface area contributed by atoms with Gasteiger partial charge in [0.25, 0.3) is 5.91 Å². The zero-order valence-electron chi connectivity index (χ0n) is 20.1. The summed E-state index contributed by atoms with van der Waals surface area (Å²) in [5.41, 5.74) is 4.67. The summed E-state index contributed by atoms with van der Waals surface area (Å²) in [6.07, 6.45) is 0. The Balaban J connectivity index is 1.29. The van der Waals surface area contributed by atoms with Gasteiger partial charge in [0, 0.05) is 31.2 Å². The van der Waals surface area contributed by atoms with Gasteiger partial charge in [-0.05, 0) is 68.8 Å². The Morgan fingerprint density at radius 1 is 0.886 bits per heavy atom. The number of fused-ring (bicyclic) bond motifs is 3. The number of carbonyl (C=O) groups is 1. The van der Waals surface area contributed by atoms with Crippen LogP contribution in [0.3, 0.4) is 0 Å². The third-order valence-corrected chi connectivity index (χ3v) is 6.74. The first-order valence-corrected chi connectivity index (χ1v) is 11.9. The maximum absolute atomic E-state index is 13.3. The topological polar surface area (TPSA) is 63.6 Å². The van der Waals surface area contributed by atoms with E-state index in [0.29, 0.717) is 36.7 Å². The molecule has 3 aromatic carbocycles. The predicted molar refractivity (Wildman–Crippen MR) is 133 cm³/mol. The largest absolute Gasteiger partial charge is 0.454 e. The number of ether oxygens (including phenoxy) is 3. The van der Waals surface area contributed by atoms with E-state index in [0.717, 1.165) is 39.7 Å². The highest BCUT2D eigenvalue weighted by Gasteiger charge is 2.32. The van der Waals surface area contributed by atoms with Crippen LogP contribution >= 0.6 is 0 Å². The van der Waals surface area contributed by atoms with Crippen molar-refractivity contribution < 1.29 is 19.0 Å². The highest BCUT2D eigenvalue weighted by molar-refractivity contribution is 6.04. The Kier molecular flexibility index (Phi) is 5.13. The third-order valence-electron chi connectivity index (χ3n) is 6.74. The number of aryl methyl sites for hydroxylation is 2. The van der Waals surface area contributed by atoms with Crippen LogP contribution < -0.4 is 14.2 Å². The van der Waals surface area contributed by atoms with E-state index in [1.165, 1.54) is 0 Å². The maximum Gasteiger partial charge on any atom is 0.254 e. The Morgan fingerprint density at radius 2 is 1.66 bits per heavy atom. The average Bonchev–Trinajstić information content (AvgIpc) is 3.26. The van der Waals surface area contributed by atoms with Gasteiger partial charge < -0.3 is 24.0 Å². The molecule has 0 aromatic heterocycles. The smallest absolute Gasteiger partial charge is 0.254 e. The van der Waals surface area contributed by atoms with E-state index in [1.807, 2.05) is 30.0 Å². The molecule has 1 fully saturated rings. The van der Waals surface area contributed by atoms with Crippen LogP contribution in [0.4, 0.5) is 5.69 Å². The zero-order valence-corrected chi connectivity index (χ0v) is 20.1. The average molecular weight is 470 g/mol. The molecule has 35 heavy (non-hydrogen) atoms. The molecule has 0 spiro atoms. The Bertz CT molecular complexity index is 1370. The first-order chi connectivity index (χ1) is 17.0. The molecule has 3 aliphatic rings. The van der Waals surface area contributed by atoms with E-state index in [1.54, 1.807) is 18.2 Å². The second-order valence-electron chi connectivity index (χ2n) is 9.37. The number of rotatable bonds is 1. The first kappa shape index (κ1) is 21.5. The van der Waals surface area contributed by atoms with Crippen molar-refractivity contribution in [1.82, 2.24) is 9.80 Å². The van der Waals surface area contributed by atoms with E-state index in [4.69, 9.17) is 19.2 Å². The molecule has 0 saturated carbocycles. The van der Waals surface area contributed by atoms with Gasteiger partial charge in [-0.1, -0.05) is 17.7 Å². The van der Waals surface area contributed by atoms with Gasteiger partial charge in [0.05, 0.1) is 5.56 Å². The highest BCUT2D eigenvalue weighted by Crippen LogP contribution is 2.39. The molecule has 0 unspecified atom stereocenters. The van der Waals surface area contributed by atoms with Gasteiger partial charge in [0.2, 0.25) is 6.79 Å². The van der Waals surface area contributed by atoms with Crippen molar-refractivity contribution in [3.8, 4) is 23.0 Å².